The number of carbonyl (C=O) groups excluding carboxylic acids is 1. The van der Waals surface area contributed by atoms with Crippen molar-refractivity contribution < 1.29 is 22.7 Å². The molecule has 3 rings (SSSR count). The standard InChI is InChI=1S/C19H22F3NO2/c1-12(2)18(9-13(3)11-25-18)17(24)23-7-6-14-4-5-16(19(20,21)22)8-15(14)10-23/h4-5,8,12H,3,6-7,9-11H2,1-2H3. The van der Waals surface area contributed by atoms with Gasteiger partial charge in [-0.05, 0) is 41.2 Å². The largest absolute Gasteiger partial charge is 0.416 e. The Labute approximate surface area is 145 Å². The highest BCUT2D eigenvalue weighted by Crippen LogP contribution is 2.38. The van der Waals surface area contributed by atoms with Crippen LogP contribution in [0.2, 0.25) is 0 Å². The molecule has 25 heavy (non-hydrogen) atoms. The molecular formula is C19H22F3NO2. The van der Waals surface area contributed by atoms with Crippen molar-refractivity contribution in [1.82, 2.24) is 4.90 Å². The molecule has 0 aliphatic carbocycles. The van der Waals surface area contributed by atoms with Crippen LogP contribution in [0.1, 0.15) is 37.0 Å². The van der Waals surface area contributed by atoms with E-state index in [9.17, 15) is 18.0 Å². The molecule has 2 aliphatic heterocycles. The van der Waals surface area contributed by atoms with Gasteiger partial charge in [-0.3, -0.25) is 4.79 Å². The first-order valence-electron chi connectivity index (χ1n) is 8.42. The molecular weight excluding hydrogens is 331 g/mol. The lowest BCUT2D eigenvalue weighted by atomic mass is 9.84. The van der Waals surface area contributed by atoms with Crippen LogP contribution >= 0.6 is 0 Å². The summed E-state index contributed by atoms with van der Waals surface area (Å²) in [6.07, 6.45) is -3.36. The first kappa shape index (κ1) is 18.0. The Balaban J connectivity index is 1.86. The van der Waals surface area contributed by atoms with Crippen LogP contribution in [-0.4, -0.2) is 29.6 Å². The van der Waals surface area contributed by atoms with Gasteiger partial charge in [0.25, 0.3) is 5.91 Å². The highest BCUT2D eigenvalue weighted by Gasteiger charge is 2.49. The van der Waals surface area contributed by atoms with Crippen LogP contribution in [0.15, 0.2) is 30.4 Å². The molecule has 136 valence electrons. The van der Waals surface area contributed by atoms with Gasteiger partial charge in [0.2, 0.25) is 0 Å². The Morgan fingerprint density at radius 3 is 2.60 bits per heavy atom. The number of hydrogen-bond donors (Lipinski definition) is 0. The number of rotatable bonds is 2. The Hall–Kier alpha value is -1.82. The van der Waals surface area contributed by atoms with Gasteiger partial charge < -0.3 is 9.64 Å². The van der Waals surface area contributed by atoms with Crippen molar-refractivity contribution in [2.45, 2.75) is 45.0 Å². The van der Waals surface area contributed by atoms with E-state index in [1.165, 1.54) is 6.07 Å². The molecule has 1 fully saturated rings. The third kappa shape index (κ3) is 3.19. The second-order valence-corrected chi connectivity index (χ2v) is 7.22. The van der Waals surface area contributed by atoms with Crippen molar-refractivity contribution >= 4 is 5.91 Å². The number of fused-ring (bicyclic) bond motifs is 1. The number of ether oxygens (including phenoxy) is 1. The Kier molecular flexibility index (Phi) is 4.43. The number of amides is 1. The summed E-state index contributed by atoms with van der Waals surface area (Å²) in [5.41, 5.74) is 0.678. The molecule has 1 amide bonds. The number of alkyl halides is 3. The van der Waals surface area contributed by atoms with E-state index in [1.807, 2.05) is 13.8 Å². The van der Waals surface area contributed by atoms with Gasteiger partial charge in [-0.2, -0.15) is 13.2 Å². The van der Waals surface area contributed by atoms with Crippen LogP contribution in [-0.2, 0) is 28.7 Å². The summed E-state index contributed by atoms with van der Waals surface area (Å²) >= 11 is 0. The van der Waals surface area contributed by atoms with Crippen LogP contribution < -0.4 is 0 Å². The summed E-state index contributed by atoms with van der Waals surface area (Å²) in [4.78, 5) is 14.8. The van der Waals surface area contributed by atoms with Crippen molar-refractivity contribution in [3.05, 3.63) is 47.0 Å². The van der Waals surface area contributed by atoms with Crippen molar-refractivity contribution in [1.29, 1.82) is 0 Å². The molecule has 2 heterocycles. The molecule has 0 spiro atoms. The number of carbonyl (C=O) groups is 1. The van der Waals surface area contributed by atoms with Crippen LogP contribution in [0.4, 0.5) is 13.2 Å². The molecule has 1 unspecified atom stereocenters. The minimum Gasteiger partial charge on any atom is -0.360 e. The summed E-state index contributed by atoms with van der Waals surface area (Å²) in [5, 5.41) is 0. The van der Waals surface area contributed by atoms with Crippen molar-refractivity contribution in [3.63, 3.8) is 0 Å². The first-order chi connectivity index (χ1) is 11.6. The molecule has 1 aromatic carbocycles. The van der Waals surface area contributed by atoms with E-state index < -0.39 is 17.3 Å². The summed E-state index contributed by atoms with van der Waals surface area (Å²) in [6.45, 7) is 8.79. The minimum absolute atomic E-state index is 0.0397. The smallest absolute Gasteiger partial charge is 0.360 e. The maximum Gasteiger partial charge on any atom is 0.416 e. The number of nitrogens with zero attached hydrogens (tertiary/aromatic N) is 1. The van der Waals surface area contributed by atoms with Crippen LogP contribution in [0.3, 0.4) is 0 Å². The molecule has 1 saturated heterocycles. The molecule has 0 radical (unpaired) electrons. The van der Waals surface area contributed by atoms with Gasteiger partial charge in [-0.15, -0.1) is 0 Å². The lowest BCUT2D eigenvalue weighted by molar-refractivity contribution is -0.159. The van der Waals surface area contributed by atoms with Crippen molar-refractivity contribution in [2.24, 2.45) is 5.92 Å². The molecule has 0 saturated carbocycles. The fourth-order valence-corrected chi connectivity index (χ4v) is 3.63. The zero-order valence-electron chi connectivity index (χ0n) is 14.4. The summed E-state index contributed by atoms with van der Waals surface area (Å²) in [7, 11) is 0. The Morgan fingerprint density at radius 2 is 2.04 bits per heavy atom. The van der Waals surface area contributed by atoms with Gasteiger partial charge in [0.05, 0.1) is 12.2 Å². The van der Waals surface area contributed by atoms with E-state index in [4.69, 9.17) is 4.74 Å². The lowest BCUT2D eigenvalue weighted by Gasteiger charge is -2.38. The van der Waals surface area contributed by atoms with Gasteiger partial charge in [0.1, 0.15) is 0 Å². The molecule has 0 bridgehead atoms. The topological polar surface area (TPSA) is 29.5 Å². The van der Waals surface area contributed by atoms with Crippen molar-refractivity contribution in [2.75, 3.05) is 13.2 Å². The number of halogens is 3. The first-order valence-corrected chi connectivity index (χ1v) is 8.42. The molecule has 6 heteroatoms. The molecule has 1 atom stereocenters. The van der Waals surface area contributed by atoms with Gasteiger partial charge in [-0.1, -0.05) is 26.5 Å². The lowest BCUT2D eigenvalue weighted by Crippen LogP contribution is -2.53. The van der Waals surface area contributed by atoms with E-state index >= 15 is 0 Å². The third-order valence-corrected chi connectivity index (χ3v) is 5.17. The van der Waals surface area contributed by atoms with Crippen LogP contribution in [0.25, 0.3) is 0 Å². The van der Waals surface area contributed by atoms with E-state index in [1.54, 1.807) is 4.90 Å². The fourth-order valence-electron chi connectivity index (χ4n) is 3.63. The second-order valence-electron chi connectivity index (χ2n) is 7.22. The minimum atomic E-state index is -4.38. The van der Waals surface area contributed by atoms with E-state index in [2.05, 4.69) is 6.58 Å². The third-order valence-electron chi connectivity index (χ3n) is 5.17. The van der Waals surface area contributed by atoms with Gasteiger partial charge in [0.15, 0.2) is 5.60 Å². The molecule has 1 aromatic rings. The number of benzene rings is 1. The Bertz CT molecular complexity index is 711. The van der Waals surface area contributed by atoms with Crippen molar-refractivity contribution in [3.8, 4) is 0 Å². The maximum absolute atomic E-state index is 13.1. The van der Waals surface area contributed by atoms with E-state index in [-0.39, 0.29) is 18.4 Å². The summed E-state index contributed by atoms with van der Waals surface area (Å²) < 4.78 is 44.7. The van der Waals surface area contributed by atoms with Gasteiger partial charge >= 0.3 is 6.18 Å². The molecule has 0 aromatic heterocycles. The molecule has 2 aliphatic rings. The maximum atomic E-state index is 13.1. The SMILES string of the molecule is C=C1COC(C(=O)N2CCc3ccc(C(F)(F)F)cc3C2)(C(C)C)C1. The van der Waals surface area contributed by atoms with Gasteiger partial charge in [-0.25, -0.2) is 0 Å². The fraction of sp³-hybridized carbons (Fsp3) is 0.526. The predicted octanol–water partition coefficient (Wildman–Crippen LogP) is 3.96. The van der Waals surface area contributed by atoms with Gasteiger partial charge in [0, 0.05) is 19.5 Å². The van der Waals surface area contributed by atoms with Crippen LogP contribution in [0, 0.1) is 5.92 Å². The normalized spacial score (nSPS) is 23.9. The highest BCUT2D eigenvalue weighted by atomic mass is 19.4. The molecule has 3 nitrogen and oxygen atoms in total. The monoisotopic (exact) mass is 353 g/mol. The predicted molar refractivity (Wildman–Crippen MR) is 87.8 cm³/mol. The zero-order chi connectivity index (χ0) is 18.4. The van der Waals surface area contributed by atoms with E-state index in [0.29, 0.717) is 31.6 Å². The molecule has 0 N–H and O–H groups in total. The summed E-state index contributed by atoms with van der Waals surface area (Å²) in [6, 6.07) is 3.79. The quantitative estimate of drug-likeness (QED) is 0.753. The Morgan fingerprint density at radius 1 is 1.32 bits per heavy atom. The highest BCUT2D eigenvalue weighted by molar-refractivity contribution is 5.86. The average Bonchev–Trinajstić information content (AvgIpc) is 2.95. The zero-order valence-corrected chi connectivity index (χ0v) is 14.4. The second kappa shape index (κ2) is 6.16. The average molecular weight is 353 g/mol. The number of hydrogen-bond acceptors (Lipinski definition) is 2. The summed E-state index contributed by atoms with van der Waals surface area (Å²) in [5.74, 6) is -0.189. The van der Waals surface area contributed by atoms with Crippen LogP contribution in [0.5, 0.6) is 0 Å². The van der Waals surface area contributed by atoms with E-state index in [0.717, 1.165) is 23.3 Å².